The van der Waals surface area contributed by atoms with E-state index in [2.05, 4.69) is 14.9 Å². The summed E-state index contributed by atoms with van der Waals surface area (Å²) in [7, 11) is 0. The third kappa shape index (κ3) is 3.25. The minimum Gasteiger partial charge on any atom is -0.341 e. The van der Waals surface area contributed by atoms with Crippen molar-refractivity contribution in [1.82, 2.24) is 9.97 Å². The van der Waals surface area contributed by atoms with Crippen LogP contribution >= 0.6 is 34.8 Å². The molecule has 0 saturated carbocycles. The number of halogens is 3. The number of nitrogens with zero attached hydrogens (tertiary/aromatic N) is 3. The maximum absolute atomic E-state index is 6.34. The molecule has 1 fully saturated rings. The molecule has 1 aromatic carbocycles. The van der Waals surface area contributed by atoms with Crippen molar-refractivity contribution < 1.29 is 0 Å². The van der Waals surface area contributed by atoms with Crippen LogP contribution in [0.5, 0.6) is 0 Å². The Kier molecular flexibility index (Phi) is 4.53. The Balaban J connectivity index is 2.00. The van der Waals surface area contributed by atoms with Crippen molar-refractivity contribution in [3.8, 4) is 11.1 Å². The van der Waals surface area contributed by atoms with Crippen LogP contribution in [0.1, 0.15) is 19.3 Å². The number of rotatable bonds is 2. The van der Waals surface area contributed by atoms with Gasteiger partial charge in [-0.2, -0.15) is 0 Å². The van der Waals surface area contributed by atoms with Crippen molar-refractivity contribution >= 4 is 40.8 Å². The smallest absolute Gasteiger partial charge is 0.228 e. The van der Waals surface area contributed by atoms with Crippen LogP contribution in [0, 0.1) is 0 Å². The molecule has 3 rings (SSSR count). The fourth-order valence-electron chi connectivity index (χ4n) is 2.52. The van der Waals surface area contributed by atoms with Crippen LogP contribution in [0.3, 0.4) is 0 Å². The molecule has 0 aliphatic carbocycles. The monoisotopic (exact) mass is 341 g/mol. The standard InChI is InChI=1S/C15H14Cl3N3/c16-11-6-4-5-10(9-11)12-13(17)19-15(20-14(12)18)21-7-2-1-3-8-21/h4-6,9H,1-3,7-8H2. The van der Waals surface area contributed by atoms with Crippen LogP contribution in [0.15, 0.2) is 24.3 Å². The lowest BCUT2D eigenvalue weighted by Crippen LogP contribution is -2.31. The van der Waals surface area contributed by atoms with E-state index in [1.807, 2.05) is 12.1 Å². The highest BCUT2D eigenvalue weighted by atomic mass is 35.5. The maximum Gasteiger partial charge on any atom is 0.228 e. The maximum atomic E-state index is 6.34. The largest absolute Gasteiger partial charge is 0.341 e. The molecule has 2 aromatic rings. The van der Waals surface area contributed by atoms with Crippen LogP contribution in [0.4, 0.5) is 5.95 Å². The fourth-order valence-corrected chi connectivity index (χ4v) is 3.30. The molecule has 21 heavy (non-hydrogen) atoms. The molecule has 0 spiro atoms. The highest BCUT2D eigenvalue weighted by molar-refractivity contribution is 6.38. The molecule has 110 valence electrons. The van der Waals surface area contributed by atoms with Crippen LogP contribution in [0.2, 0.25) is 15.3 Å². The summed E-state index contributed by atoms with van der Waals surface area (Å²) in [6.45, 7) is 1.90. The zero-order chi connectivity index (χ0) is 14.8. The Morgan fingerprint density at radius 1 is 0.905 bits per heavy atom. The second-order valence-electron chi connectivity index (χ2n) is 5.04. The number of benzene rings is 1. The van der Waals surface area contributed by atoms with E-state index in [0.717, 1.165) is 31.5 Å². The molecule has 0 atom stereocenters. The van der Waals surface area contributed by atoms with E-state index in [9.17, 15) is 0 Å². The zero-order valence-electron chi connectivity index (χ0n) is 11.3. The summed E-state index contributed by atoms with van der Waals surface area (Å²) in [5, 5.41) is 1.34. The molecule has 6 heteroatoms. The van der Waals surface area contributed by atoms with E-state index in [4.69, 9.17) is 34.8 Å². The number of anilines is 1. The van der Waals surface area contributed by atoms with Crippen LogP contribution < -0.4 is 4.90 Å². The molecular weight excluding hydrogens is 329 g/mol. The Morgan fingerprint density at radius 2 is 1.57 bits per heavy atom. The van der Waals surface area contributed by atoms with E-state index in [-0.39, 0.29) is 0 Å². The molecule has 0 bridgehead atoms. The van der Waals surface area contributed by atoms with E-state index in [1.54, 1.807) is 12.1 Å². The first-order valence-corrected chi connectivity index (χ1v) is 8.02. The van der Waals surface area contributed by atoms with Crippen LogP contribution in [-0.2, 0) is 0 Å². The van der Waals surface area contributed by atoms with Gasteiger partial charge in [-0.05, 0) is 37.0 Å². The molecular formula is C15H14Cl3N3. The lowest BCUT2D eigenvalue weighted by molar-refractivity contribution is 0.568. The Morgan fingerprint density at radius 3 is 2.19 bits per heavy atom. The first-order chi connectivity index (χ1) is 10.1. The molecule has 0 N–H and O–H groups in total. The summed E-state index contributed by atoms with van der Waals surface area (Å²) in [4.78, 5) is 11.0. The van der Waals surface area contributed by atoms with Crippen molar-refractivity contribution in [2.75, 3.05) is 18.0 Å². The summed E-state index contributed by atoms with van der Waals surface area (Å²) >= 11 is 18.7. The van der Waals surface area contributed by atoms with Crippen molar-refractivity contribution in [3.63, 3.8) is 0 Å². The van der Waals surface area contributed by atoms with Gasteiger partial charge in [-0.1, -0.05) is 46.9 Å². The molecule has 1 aromatic heterocycles. The zero-order valence-corrected chi connectivity index (χ0v) is 13.6. The number of hydrogen-bond donors (Lipinski definition) is 0. The lowest BCUT2D eigenvalue weighted by atomic mass is 10.1. The van der Waals surface area contributed by atoms with Gasteiger partial charge in [-0.15, -0.1) is 0 Å². The van der Waals surface area contributed by atoms with Crippen molar-refractivity contribution in [3.05, 3.63) is 39.6 Å². The normalized spacial score (nSPS) is 15.3. The highest BCUT2D eigenvalue weighted by Gasteiger charge is 2.19. The van der Waals surface area contributed by atoms with Gasteiger partial charge in [0.05, 0.1) is 5.56 Å². The Hall–Kier alpha value is -1.03. The predicted octanol–water partition coefficient (Wildman–Crippen LogP) is 5.09. The van der Waals surface area contributed by atoms with Crippen LogP contribution in [-0.4, -0.2) is 23.1 Å². The molecule has 2 heterocycles. The second-order valence-corrected chi connectivity index (χ2v) is 6.19. The van der Waals surface area contributed by atoms with Gasteiger partial charge < -0.3 is 4.90 Å². The van der Waals surface area contributed by atoms with Gasteiger partial charge in [0.2, 0.25) is 5.95 Å². The quantitative estimate of drug-likeness (QED) is 0.711. The summed E-state index contributed by atoms with van der Waals surface area (Å²) < 4.78 is 0. The van der Waals surface area contributed by atoms with Crippen LogP contribution in [0.25, 0.3) is 11.1 Å². The molecule has 0 radical (unpaired) electrons. The SMILES string of the molecule is Clc1cccc(-c2c(Cl)nc(N3CCCCC3)nc2Cl)c1. The molecule has 1 aliphatic rings. The number of piperidine rings is 1. The van der Waals surface area contributed by atoms with Crippen molar-refractivity contribution in [2.24, 2.45) is 0 Å². The molecule has 1 saturated heterocycles. The van der Waals surface area contributed by atoms with Gasteiger partial charge in [0.15, 0.2) is 0 Å². The van der Waals surface area contributed by atoms with E-state index < -0.39 is 0 Å². The van der Waals surface area contributed by atoms with Gasteiger partial charge in [0, 0.05) is 18.1 Å². The second kappa shape index (κ2) is 6.39. The van der Waals surface area contributed by atoms with Gasteiger partial charge in [-0.25, -0.2) is 9.97 Å². The van der Waals surface area contributed by atoms with Gasteiger partial charge in [-0.3, -0.25) is 0 Å². The Bertz CT molecular complexity index is 631. The number of hydrogen-bond acceptors (Lipinski definition) is 3. The summed E-state index contributed by atoms with van der Waals surface area (Å²) in [5.41, 5.74) is 1.45. The molecule has 3 nitrogen and oxygen atoms in total. The minimum atomic E-state index is 0.359. The lowest BCUT2D eigenvalue weighted by Gasteiger charge is -2.27. The average molecular weight is 343 g/mol. The molecule has 0 amide bonds. The Labute approximate surface area is 138 Å². The van der Waals surface area contributed by atoms with Crippen molar-refractivity contribution in [1.29, 1.82) is 0 Å². The summed E-state index contributed by atoms with van der Waals surface area (Å²) in [5.74, 6) is 0.607. The fraction of sp³-hybridized carbons (Fsp3) is 0.333. The van der Waals surface area contributed by atoms with Gasteiger partial charge in [0.1, 0.15) is 10.3 Å². The molecule has 1 aliphatic heterocycles. The van der Waals surface area contributed by atoms with E-state index in [1.165, 1.54) is 6.42 Å². The van der Waals surface area contributed by atoms with Gasteiger partial charge >= 0.3 is 0 Å². The first-order valence-electron chi connectivity index (χ1n) is 6.89. The van der Waals surface area contributed by atoms with Crippen molar-refractivity contribution in [2.45, 2.75) is 19.3 Å². The predicted molar refractivity (Wildman–Crippen MR) is 88.6 cm³/mol. The van der Waals surface area contributed by atoms with E-state index in [0.29, 0.717) is 26.8 Å². The first kappa shape index (κ1) is 14.9. The summed E-state index contributed by atoms with van der Waals surface area (Å²) in [6, 6.07) is 7.35. The summed E-state index contributed by atoms with van der Waals surface area (Å²) in [6.07, 6.45) is 3.54. The highest BCUT2D eigenvalue weighted by Crippen LogP contribution is 2.35. The number of aromatic nitrogens is 2. The average Bonchev–Trinajstić information content (AvgIpc) is 2.47. The topological polar surface area (TPSA) is 29.0 Å². The van der Waals surface area contributed by atoms with Gasteiger partial charge in [0.25, 0.3) is 0 Å². The third-order valence-corrected chi connectivity index (χ3v) is 4.34. The third-order valence-electron chi connectivity index (χ3n) is 3.56. The molecule has 0 unspecified atom stereocenters. The van der Waals surface area contributed by atoms with E-state index >= 15 is 0 Å². The minimum absolute atomic E-state index is 0.359.